The molecule has 3 heterocycles. The summed E-state index contributed by atoms with van der Waals surface area (Å²) >= 11 is 0. The SMILES string of the molecule is COC1=CC23CCCN2CCc2cc4c(cc2[C@@H]3C1OC(=O)C(CC(=O)OCc1ccccc1)OC(C)C)OCO4. The number of esters is 2. The molecule has 2 aromatic rings. The molecule has 2 aromatic carbocycles. The van der Waals surface area contributed by atoms with Gasteiger partial charge in [0.15, 0.2) is 23.7 Å². The van der Waals surface area contributed by atoms with Crippen LogP contribution < -0.4 is 9.47 Å². The van der Waals surface area contributed by atoms with Crippen LogP contribution in [-0.4, -0.2) is 67.7 Å². The molecule has 3 aliphatic heterocycles. The Morgan fingerprint density at radius 2 is 1.88 bits per heavy atom. The third-order valence-electron chi connectivity index (χ3n) is 8.50. The first kappa shape index (κ1) is 27.6. The van der Waals surface area contributed by atoms with Gasteiger partial charge >= 0.3 is 11.9 Å². The molecule has 0 amide bonds. The van der Waals surface area contributed by atoms with Crippen molar-refractivity contribution in [2.24, 2.45) is 0 Å². The van der Waals surface area contributed by atoms with E-state index in [4.69, 9.17) is 28.4 Å². The molecule has 6 rings (SSSR count). The lowest BCUT2D eigenvalue weighted by atomic mass is 9.77. The molecule has 0 aromatic heterocycles. The predicted octanol–water partition coefficient (Wildman–Crippen LogP) is 4.27. The lowest BCUT2D eigenvalue weighted by molar-refractivity contribution is -0.172. The van der Waals surface area contributed by atoms with Gasteiger partial charge in [-0.1, -0.05) is 30.3 Å². The maximum atomic E-state index is 13.8. The maximum absolute atomic E-state index is 13.8. The van der Waals surface area contributed by atoms with E-state index < -0.39 is 24.1 Å². The molecule has 0 N–H and O–H groups in total. The van der Waals surface area contributed by atoms with Crippen LogP contribution in [0.2, 0.25) is 0 Å². The van der Waals surface area contributed by atoms with Gasteiger partial charge in [0, 0.05) is 6.54 Å². The number of rotatable bonds is 9. The van der Waals surface area contributed by atoms with Gasteiger partial charge in [0.1, 0.15) is 12.4 Å². The molecule has 4 atom stereocenters. The molecule has 0 bridgehead atoms. The Bertz CT molecular complexity index is 1320. The van der Waals surface area contributed by atoms with E-state index in [2.05, 4.69) is 17.0 Å². The molecule has 218 valence electrons. The van der Waals surface area contributed by atoms with Crippen LogP contribution in [0.4, 0.5) is 0 Å². The number of carbonyl (C=O) groups is 2. The zero-order chi connectivity index (χ0) is 28.6. The summed E-state index contributed by atoms with van der Waals surface area (Å²) in [6.07, 6.45) is 2.60. The van der Waals surface area contributed by atoms with Crippen molar-refractivity contribution in [3.05, 3.63) is 71.0 Å². The predicted molar refractivity (Wildman–Crippen MR) is 148 cm³/mol. The summed E-state index contributed by atoms with van der Waals surface area (Å²) in [6, 6.07) is 13.5. The van der Waals surface area contributed by atoms with Gasteiger partial charge in [0.2, 0.25) is 6.79 Å². The summed E-state index contributed by atoms with van der Waals surface area (Å²) in [5.74, 6) is 0.693. The molecular formula is C32H37NO8. The highest BCUT2D eigenvalue weighted by Crippen LogP contribution is 2.55. The highest BCUT2D eigenvalue weighted by molar-refractivity contribution is 5.82. The van der Waals surface area contributed by atoms with E-state index in [1.165, 1.54) is 0 Å². The fourth-order valence-electron chi connectivity index (χ4n) is 6.76. The number of fused-ring (bicyclic) bond motifs is 3. The minimum absolute atomic E-state index is 0.121. The number of hydrogen-bond acceptors (Lipinski definition) is 9. The molecule has 1 fully saturated rings. The number of carbonyl (C=O) groups excluding carboxylic acids is 2. The van der Waals surface area contributed by atoms with Gasteiger partial charge in [-0.05, 0) is 74.6 Å². The lowest BCUT2D eigenvalue weighted by Gasteiger charge is -2.39. The van der Waals surface area contributed by atoms with Gasteiger partial charge in [-0.25, -0.2) is 4.79 Å². The van der Waals surface area contributed by atoms with Crippen LogP contribution >= 0.6 is 0 Å². The van der Waals surface area contributed by atoms with Crippen molar-refractivity contribution in [1.82, 2.24) is 4.90 Å². The number of methoxy groups -OCH3 is 1. The summed E-state index contributed by atoms with van der Waals surface area (Å²) in [6.45, 7) is 5.79. The summed E-state index contributed by atoms with van der Waals surface area (Å²) in [5.41, 5.74) is 2.74. The highest BCUT2D eigenvalue weighted by Gasteiger charge is 2.58. The van der Waals surface area contributed by atoms with E-state index >= 15 is 0 Å². The largest absolute Gasteiger partial charge is 0.497 e. The fourth-order valence-corrected chi connectivity index (χ4v) is 6.76. The minimum Gasteiger partial charge on any atom is -0.497 e. The van der Waals surface area contributed by atoms with Crippen molar-refractivity contribution in [3.8, 4) is 11.5 Å². The van der Waals surface area contributed by atoms with Crippen molar-refractivity contribution in [2.75, 3.05) is 27.0 Å². The van der Waals surface area contributed by atoms with Crippen molar-refractivity contribution >= 4 is 11.9 Å². The first-order chi connectivity index (χ1) is 19.9. The monoisotopic (exact) mass is 563 g/mol. The van der Waals surface area contributed by atoms with E-state index in [0.717, 1.165) is 54.8 Å². The molecule has 0 radical (unpaired) electrons. The van der Waals surface area contributed by atoms with Gasteiger partial charge in [-0.15, -0.1) is 0 Å². The van der Waals surface area contributed by atoms with Crippen LogP contribution in [0.3, 0.4) is 0 Å². The Morgan fingerprint density at radius 3 is 2.63 bits per heavy atom. The summed E-state index contributed by atoms with van der Waals surface area (Å²) < 4.78 is 34.9. The zero-order valence-electron chi connectivity index (χ0n) is 23.8. The van der Waals surface area contributed by atoms with Crippen molar-refractivity contribution in [1.29, 1.82) is 0 Å². The third kappa shape index (κ3) is 5.28. The van der Waals surface area contributed by atoms with Crippen LogP contribution in [0, 0.1) is 0 Å². The Kier molecular flexibility index (Phi) is 7.66. The summed E-state index contributed by atoms with van der Waals surface area (Å²) in [7, 11) is 1.61. The number of nitrogens with zero attached hydrogens (tertiary/aromatic N) is 1. The number of hydrogen-bond donors (Lipinski definition) is 0. The van der Waals surface area contributed by atoms with E-state index in [0.29, 0.717) is 11.5 Å². The van der Waals surface area contributed by atoms with Gasteiger partial charge in [0.05, 0.1) is 31.1 Å². The third-order valence-corrected chi connectivity index (χ3v) is 8.50. The first-order valence-electron chi connectivity index (χ1n) is 14.4. The zero-order valence-corrected chi connectivity index (χ0v) is 23.8. The maximum Gasteiger partial charge on any atom is 0.336 e. The first-order valence-corrected chi connectivity index (χ1v) is 14.4. The standard InChI is InChI=1S/C32H37NO8/c1-20(2)40-26(16-28(34)37-18-21-8-5-4-6-9-21)31(35)41-30-27(36-3)17-32-11-7-12-33(32)13-10-22-14-24-25(39-19-38-24)15-23(22)29(30)32/h4-6,8-9,14-15,17,20,26,29-30H,7,10-13,16,18-19H2,1-3H3/t26?,29-,30?,32?/m1/s1. The van der Waals surface area contributed by atoms with Gasteiger partial charge in [-0.2, -0.15) is 0 Å². The van der Waals surface area contributed by atoms with Gasteiger partial charge < -0.3 is 28.4 Å². The quantitative estimate of drug-likeness (QED) is 0.415. The molecule has 3 unspecified atom stereocenters. The Balaban J connectivity index is 1.27. The van der Waals surface area contributed by atoms with Crippen LogP contribution in [0.1, 0.15) is 55.7 Å². The van der Waals surface area contributed by atoms with Crippen LogP contribution in [0.5, 0.6) is 11.5 Å². The molecule has 4 aliphatic rings. The van der Waals surface area contributed by atoms with E-state index in [1.807, 2.05) is 50.2 Å². The Hall–Kier alpha value is -3.56. The van der Waals surface area contributed by atoms with Crippen LogP contribution in [0.15, 0.2) is 54.3 Å². The van der Waals surface area contributed by atoms with E-state index in [-0.39, 0.29) is 37.4 Å². The number of ether oxygens (including phenoxy) is 6. The van der Waals surface area contributed by atoms with Crippen LogP contribution in [0.25, 0.3) is 0 Å². The van der Waals surface area contributed by atoms with E-state index in [1.54, 1.807) is 7.11 Å². The van der Waals surface area contributed by atoms with Gasteiger partial charge in [0.25, 0.3) is 0 Å². The second-order valence-corrected chi connectivity index (χ2v) is 11.3. The molecule has 1 spiro atoms. The molecule has 1 aliphatic carbocycles. The smallest absolute Gasteiger partial charge is 0.336 e. The average Bonchev–Trinajstić information content (AvgIpc) is 3.65. The Labute approximate surface area is 240 Å². The van der Waals surface area contributed by atoms with E-state index in [9.17, 15) is 9.59 Å². The fraction of sp³-hybridized carbons (Fsp3) is 0.500. The van der Waals surface area contributed by atoms with Crippen LogP contribution in [-0.2, 0) is 41.6 Å². The Morgan fingerprint density at radius 1 is 1.10 bits per heavy atom. The summed E-state index contributed by atoms with van der Waals surface area (Å²) in [4.78, 5) is 29.0. The van der Waals surface area contributed by atoms with Crippen molar-refractivity contribution in [3.63, 3.8) is 0 Å². The molecule has 1 saturated heterocycles. The average molecular weight is 564 g/mol. The summed E-state index contributed by atoms with van der Waals surface area (Å²) in [5, 5.41) is 0. The normalized spacial score (nSPS) is 25.0. The highest BCUT2D eigenvalue weighted by atomic mass is 16.7. The molecular weight excluding hydrogens is 526 g/mol. The topological polar surface area (TPSA) is 92.8 Å². The lowest BCUT2D eigenvalue weighted by Crippen LogP contribution is -2.48. The second-order valence-electron chi connectivity index (χ2n) is 11.3. The van der Waals surface area contributed by atoms with Gasteiger partial charge in [-0.3, -0.25) is 9.69 Å². The minimum atomic E-state index is -1.12. The van der Waals surface area contributed by atoms with Crippen molar-refractivity contribution in [2.45, 2.75) is 75.9 Å². The molecule has 9 heteroatoms. The number of benzene rings is 2. The van der Waals surface area contributed by atoms with Crippen molar-refractivity contribution < 1.29 is 38.0 Å². The second kappa shape index (κ2) is 11.4. The molecule has 41 heavy (non-hydrogen) atoms. The molecule has 0 saturated carbocycles. The molecule has 9 nitrogen and oxygen atoms in total.